The van der Waals surface area contributed by atoms with Gasteiger partial charge < -0.3 is 5.32 Å². The van der Waals surface area contributed by atoms with Gasteiger partial charge in [-0.25, -0.2) is 4.98 Å². The third-order valence-electron chi connectivity index (χ3n) is 4.04. The van der Waals surface area contributed by atoms with Gasteiger partial charge in [0.05, 0.1) is 32.5 Å². The highest BCUT2D eigenvalue weighted by molar-refractivity contribution is 7.99. The van der Waals surface area contributed by atoms with E-state index in [-0.39, 0.29) is 5.75 Å². The van der Waals surface area contributed by atoms with Crippen LogP contribution in [0.5, 0.6) is 0 Å². The average Bonchev–Trinajstić information content (AvgIpc) is 2.66. The van der Waals surface area contributed by atoms with E-state index in [1.165, 1.54) is 0 Å². The first-order chi connectivity index (χ1) is 13.6. The second-order valence-corrected chi connectivity index (χ2v) is 7.11. The molecule has 0 unspecified atom stereocenters. The van der Waals surface area contributed by atoms with E-state index < -0.39 is 33.9 Å². The minimum absolute atomic E-state index is 0.168. The molecule has 1 heterocycles. The first-order valence-electron chi connectivity index (χ1n) is 8.30. The maximum absolute atomic E-state index is 13.2. The number of pyridine rings is 1. The molecule has 2 aromatic carbocycles. The molecule has 1 N–H and O–H groups in total. The number of anilines is 1. The molecule has 0 saturated heterocycles. The average molecular weight is 421 g/mol. The molecule has 0 bridgehead atoms. The number of aromatic nitrogens is 1. The van der Waals surface area contributed by atoms with Gasteiger partial charge in [-0.3, -0.25) is 14.9 Å². The van der Waals surface area contributed by atoms with Crippen molar-refractivity contribution in [2.45, 2.75) is 18.1 Å². The van der Waals surface area contributed by atoms with Crippen molar-refractivity contribution in [3.63, 3.8) is 0 Å². The number of hydrogen-bond acceptors (Lipinski definition) is 5. The van der Waals surface area contributed by atoms with E-state index in [9.17, 15) is 28.1 Å². The van der Waals surface area contributed by atoms with Crippen LogP contribution in [0.3, 0.4) is 0 Å². The normalized spacial score (nSPS) is 11.4. The maximum Gasteiger partial charge on any atom is 0.418 e. The number of halogens is 3. The number of alkyl halides is 3. The number of nitro groups is 1. The summed E-state index contributed by atoms with van der Waals surface area (Å²) in [5.74, 6) is -0.846. The van der Waals surface area contributed by atoms with E-state index >= 15 is 0 Å². The summed E-state index contributed by atoms with van der Waals surface area (Å²) in [5.41, 5.74) is -0.792. The number of nitro benzene ring substituents is 1. The molecular weight excluding hydrogens is 407 g/mol. The number of carbonyl (C=O) groups excluding carboxylic acids is 1. The Labute approximate surface area is 167 Å². The number of amides is 1. The van der Waals surface area contributed by atoms with Crippen LogP contribution in [0.25, 0.3) is 10.9 Å². The monoisotopic (exact) mass is 421 g/mol. The third-order valence-corrected chi connectivity index (χ3v) is 4.96. The molecule has 0 atom stereocenters. The fraction of sp³-hybridized carbons (Fsp3) is 0.158. The highest BCUT2D eigenvalue weighted by atomic mass is 32.2. The van der Waals surface area contributed by atoms with E-state index in [4.69, 9.17) is 0 Å². The number of fused-ring (bicyclic) bond motifs is 1. The smallest absolute Gasteiger partial charge is 0.325 e. The van der Waals surface area contributed by atoms with E-state index in [2.05, 4.69) is 10.3 Å². The number of benzene rings is 2. The highest BCUT2D eigenvalue weighted by Crippen LogP contribution is 2.37. The van der Waals surface area contributed by atoms with Crippen LogP contribution in [0.4, 0.5) is 24.5 Å². The van der Waals surface area contributed by atoms with Gasteiger partial charge in [-0.05, 0) is 30.7 Å². The zero-order valence-electron chi connectivity index (χ0n) is 15.0. The Hall–Kier alpha value is -3.14. The topological polar surface area (TPSA) is 85.1 Å². The summed E-state index contributed by atoms with van der Waals surface area (Å²) in [5, 5.41) is 14.4. The lowest BCUT2D eigenvalue weighted by molar-refractivity contribution is -0.385. The summed E-state index contributed by atoms with van der Waals surface area (Å²) in [6, 6.07) is 11.5. The Morgan fingerprint density at radius 1 is 1.21 bits per heavy atom. The van der Waals surface area contributed by atoms with E-state index in [0.29, 0.717) is 11.1 Å². The van der Waals surface area contributed by atoms with Crippen molar-refractivity contribution in [3.05, 3.63) is 69.8 Å². The summed E-state index contributed by atoms with van der Waals surface area (Å²) in [6.07, 6.45) is -4.85. The molecule has 0 fully saturated rings. The zero-order valence-corrected chi connectivity index (χ0v) is 15.8. The number of para-hydroxylation sites is 1. The van der Waals surface area contributed by atoms with E-state index in [1.54, 1.807) is 6.07 Å². The first-order valence-corrected chi connectivity index (χ1v) is 9.28. The molecule has 6 nitrogen and oxygen atoms in total. The molecular formula is C19H14F3N3O3S. The molecule has 0 spiro atoms. The Kier molecular flexibility index (Phi) is 5.73. The van der Waals surface area contributed by atoms with Gasteiger partial charge in [0.15, 0.2) is 0 Å². The van der Waals surface area contributed by atoms with Crippen molar-refractivity contribution in [3.8, 4) is 0 Å². The Morgan fingerprint density at radius 2 is 1.93 bits per heavy atom. The van der Waals surface area contributed by atoms with Gasteiger partial charge >= 0.3 is 6.18 Å². The molecule has 29 heavy (non-hydrogen) atoms. The lowest BCUT2D eigenvalue weighted by atomic mass is 10.1. The number of nitrogens with zero attached hydrogens (tertiary/aromatic N) is 2. The zero-order chi connectivity index (χ0) is 21.2. The van der Waals surface area contributed by atoms with Crippen LogP contribution in [-0.4, -0.2) is 21.6 Å². The van der Waals surface area contributed by atoms with Gasteiger partial charge in [0.1, 0.15) is 0 Å². The number of carbonyl (C=O) groups is 1. The second kappa shape index (κ2) is 8.08. The van der Waals surface area contributed by atoms with Gasteiger partial charge in [0, 0.05) is 17.5 Å². The second-order valence-electron chi connectivity index (χ2n) is 6.12. The quantitative estimate of drug-likeness (QED) is 0.348. The summed E-state index contributed by atoms with van der Waals surface area (Å²) in [4.78, 5) is 26.4. The number of nitrogens with one attached hydrogen (secondary N) is 1. The molecule has 3 aromatic rings. The summed E-state index contributed by atoms with van der Waals surface area (Å²) < 4.78 is 39.6. The minimum Gasteiger partial charge on any atom is -0.325 e. The molecule has 150 valence electrons. The van der Waals surface area contributed by atoms with Crippen LogP contribution in [0.2, 0.25) is 0 Å². The van der Waals surface area contributed by atoms with Crippen molar-refractivity contribution in [2.24, 2.45) is 0 Å². The lowest BCUT2D eigenvalue weighted by Crippen LogP contribution is -2.18. The van der Waals surface area contributed by atoms with Gasteiger partial charge in [-0.15, -0.1) is 0 Å². The third kappa shape index (κ3) is 4.83. The SMILES string of the molecule is Cc1cc(SCC(=O)Nc2ccc([N+](=O)[O-])cc2C(F)(F)F)nc2ccccc12. The van der Waals surface area contributed by atoms with Crippen molar-refractivity contribution >= 4 is 39.9 Å². The van der Waals surface area contributed by atoms with Gasteiger partial charge in [0.2, 0.25) is 5.91 Å². The van der Waals surface area contributed by atoms with Crippen LogP contribution < -0.4 is 5.32 Å². The van der Waals surface area contributed by atoms with Crippen LogP contribution >= 0.6 is 11.8 Å². The Morgan fingerprint density at radius 3 is 2.62 bits per heavy atom. The molecule has 3 rings (SSSR count). The Bertz CT molecular complexity index is 1100. The molecule has 0 aliphatic heterocycles. The number of thioether (sulfide) groups is 1. The fourth-order valence-corrected chi connectivity index (χ4v) is 3.48. The van der Waals surface area contributed by atoms with Crippen LogP contribution in [0.15, 0.2) is 53.6 Å². The fourth-order valence-electron chi connectivity index (χ4n) is 2.71. The first kappa shape index (κ1) is 20.6. The predicted octanol–water partition coefficient (Wildman–Crippen LogP) is 5.20. The molecule has 0 aliphatic carbocycles. The summed E-state index contributed by atoms with van der Waals surface area (Å²) in [6.45, 7) is 1.90. The number of rotatable bonds is 5. The molecule has 1 aromatic heterocycles. The van der Waals surface area contributed by atoms with Crippen LogP contribution in [0.1, 0.15) is 11.1 Å². The molecule has 1 amide bonds. The van der Waals surface area contributed by atoms with Gasteiger partial charge in [0.25, 0.3) is 5.69 Å². The standard InChI is InChI=1S/C19H14F3N3O3S/c1-11-8-18(24-15-5-3-2-4-13(11)15)29-10-17(26)23-16-7-6-12(25(27)28)9-14(16)19(20,21)22/h2-9H,10H2,1H3,(H,23,26). The minimum atomic E-state index is -4.85. The Balaban J connectivity index is 1.75. The van der Waals surface area contributed by atoms with E-state index in [0.717, 1.165) is 40.4 Å². The maximum atomic E-state index is 13.2. The lowest BCUT2D eigenvalue weighted by Gasteiger charge is -2.13. The number of non-ortho nitro benzene ring substituents is 1. The van der Waals surface area contributed by atoms with E-state index in [1.807, 2.05) is 31.2 Å². The summed E-state index contributed by atoms with van der Waals surface area (Å²) >= 11 is 1.09. The van der Waals surface area contributed by atoms with Crippen LogP contribution in [-0.2, 0) is 11.0 Å². The van der Waals surface area contributed by atoms with Crippen molar-refractivity contribution in [1.82, 2.24) is 4.98 Å². The predicted molar refractivity (Wildman–Crippen MR) is 104 cm³/mol. The summed E-state index contributed by atoms with van der Waals surface area (Å²) in [7, 11) is 0. The molecule has 0 aliphatic rings. The molecule has 0 saturated carbocycles. The van der Waals surface area contributed by atoms with Gasteiger partial charge in [-0.1, -0.05) is 30.0 Å². The van der Waals surface area contributed by atoms with Crippen molar-refractivity contribution in [1.29, 1.82) is 0 Å². The van der Waals surface area contributed by atoms with Crippen LogP contribution in [0, 0.1) is 17.0 Å². The molecule has 10 heteroatoms. The number of hydrogen-bond donors (Lipinski definition) is 1. The molecule has 0 radical (unpaired) electrons. The van der Waals surface area contributed by atoms with Crippen molar-refractivity contribution in [2.75, 3.05) is 11.1 Å². The van der Waals surface area contributed by atoms with Crippen molar-refractivity contribution < 1.29 is 22.9 Å². The van der Waals surface area contributed by atoms with Gasteiger partial charge in [-0.2, -0.15) is 13.2 Å². The highest BCUT2D eigenvalue weighted by Gasteiger charge is 2.35. The largest absolute Gasteiger partial charge is 0.418 e. The number of aryl methyl sites for hydroxylation is 1.